The summed E-state index contributed by atoms with van der Waals surface area (Å²) in [7, 11) is 5.14. The fourth-order valence-electron chi connectivity index (χ4n) is 2.38. The lowest BCUT2D eigenvalue weighted by molar-refractivity contribution is -0.119. The van der Waals surface area contributed by atoms with E-state index in [1.807, 2.05) is 13.1 Å². The van der Waals surface area contributed by atoms with Crippen LogP contribution in [0.4, 0.5) is 5.69 Å². The molecule has 1 aliphatic rings. The summed E-state index contributed by atoms with van der Waals surface area (Å²) >= 11 is 0. The van der Waals surface area contributed by atoms with Gasteiger partial charge in [-0.3, -0.25) is 9.69 Å². The minimum atomic E-state index is -0.0342. The maximum Gasteiger partial charge on any atom is 0.241 e. The molecular formula is C14H20N2O3. The van der Waals surface area contributed by atoms with Gasteiger partial charge < -0.3 is 14.8 Å². The van der Waals surface area contributed by atoms with Crippen LogP contribution in [0.1, 0.15) is 12.8 Å². The zero-order valence-electron chi connectivity index (χ0n) is 11.6. The fraction of sp³-hybridized carbons (Fsp3) is 0.500. The number of nitrogens with one attached hydrogen (secondary N) is 1. The van der Waals surface area contributed by atoms with Crippen LogP contribution in [0.3, 0.4) is 0 Å². The minimum Gasteiger partial charge on any atom is -0.493 e. The topological polar surface area (TPSA) is 50.8 Å². The van der Waals surface area contributed by atoms with Gasteiger partial charge in [-0.25, -0.2) is 0 Å². The first-order chi connectivity index (χ1) is 9.15. The molecule has 1 unspecified atom stereocenters. The first-order valence-electron chi connectivity index (χ1n) is 6.39. The molecule has 5 nitrogen and oxygen atoms in total. The summed E-state index contributed by atoms with van der Waals surface area (Å²) in [6, 6.07) is 5.33. The van der Waals surface area contributed by atoms with Gasteiger partial charge in [0.2, 0.25) is 5.91 Å². The van der Waals surface area contributed by atoms with Crippen LogP contribution in [0.5, 0.6) is 11.5 Å². The molecule has 5 heteroatoms. The van der Waals surface area contributed by atoms with Crippen molar-refractivity contribution in [1.29, 1.82) is 0 Å². The molecule has 0 spiro atoms. The molecule has 19 heavy (non-hydrogen) atoms. The lowest BCUT2D eigenvalue weighted by Crippen LogP contribution is -2.37. The third-order valence-corrected chi connectivity index (χ3v) is 3.47. The summed E-state index contributed by atoms with van der Waals surface area (Å²) < 4.78 is 10.4. The summed E-state index contributed by atoms with van der Waals surface area (Å²) in [5.41, 5.74) is 0.725. The predicted octanol–water partition coefficient (Wildman–Crippen LogP) is 1.74. The molecule has 1 aliphatic heterocycles. The molecule has 0 aromatic heterocycles. The van der Waals surface area contributed by atoms with Crippen molar-refractivity contribution in [2.75, 3.05) is 33.1 Å². The SMILES string of the molecule is COc1ccc(NC(=O)C2CCCN2C)cc1OC. The zero-order valence-corrected chi connectivity index (χ0v) is 11.6. The van der Waals surface area contributed by atoms with Crippen molar-refractivity contribution in [1.82, 2.24) is 4.90 Å². The number of likely N-dealkylation sites (N-methyl/N-ethyl adjacent to an activating group) is 1. The van der Waals surface area contributed by atoms with Crippen LogP contribution in [-0.4, -0.2) is 44.7 Å². The average molecular weight is 264 g/mol. The van der Waals surface area contributed by atoms with Crippen molar-refractivity contribution in [3.8, 4) is 11.5 Å². The van der Waals surface area contributed by atoms with Crippen LogP contribution in [0.15, 0.2) is 18.2 Å². The van der Waals surface area contributed by atoms with E-state index in [9.17, 15) is 4.79 Å². The second-order valence-corrected chi connectivity index (χ2v) is 4.70. The monoisotopic (exact) mass is 264 g/mol. The Balaban J connectivity index is 2.08. The lowest BCUT2D eigenvalue weighted by atomic mass is 10.2. The van der Waals surface area contributed by atoms with Crippen LogP contribution in [0, 0.1) is 0 Å². The van der Waals surface area contributed by atoms with Crippen LogP contribution in [0.2, 0.25) is 0 Å². The van der Waals surface area contributed by atoms with Gasteiger partial charge in [-0.15, -0.1) is 0 Å². The Morgan fingerprint density at radius 1 is 1.32 bits per heavy atom. The van der Waals surface area contributed by atoms with Gasteiger partial charge in [0, 0.05) is 11.8 Å². The van der Waals surface area contributed by atoms with Crippen molar-refractivity contribution < 1.29 is 14.3 Å². The molecular weight excluding hydrogens is 244 g/mol. The number of amides is 1. The quantitative estimate of drug-likeness (QED) is 0.900. The highest BCUT2D eigenvalue weighted by Gasteiger charge is 2.27. The van der Waals surface area contributed by atoms with E-state index in [1.54, 1.807) is 26.4 Å². The maximum atomic E-state index is 12.2. The highest BCUT2D eigenvalue weighted by Crippen LogP contribution is 2.30. The highest BCUT2D eigenvalue weighted by molar-refractivity contribution is 5.95. The third kappa shape index (κ3) is 2.98. The maximum absolute atomic E-state index is 12.2. The number of hydrogen-bond donors (Lipinski definition) is 1. The number of carbonyl (C=O) groups is 1. The third-order valence-electron chi connectivity index (χ3n) is 3.47. The molecule has 1 heterocycles. The standard InChI is InChI=1S/C14H20N2O3/c1-16-8-4-5-11(16)14(17)15-10-6-7-12(18-2)13(9-10)19-3/h6-7,9,11H,4-5,8H2,1-3H3,(H,15,17). The van der Waals surface area contributed by atoms with Crippen molar-refractivity contribution in [3.05, 3.63) is 18.2 Å². The fourth-order valence-corrected chi connectivity index (χ4v) is 2.38. The molecule has 1 atom stereocenters. The molecule has 1 aromatic rings. The molecule has 1 amide bonds. The van der Waals surface area contributed by atoms with E-state index >= 15 is 0 Å². The minimum absolute atomic E-state index is 0.0342. The molecule has 0 aliphatic carbocycles. The number of methoxy groups -OCH3 is 2. The van der Waals surface area contributed by atoms with E-state index in [0.717, 1.165) is 25.1 Å². The summed E-state index contributed by atoms with van der Waals surface area (Å²) in [5, 5.41) is 2.92. The van der Waals surface area contributed by atoms with Crippen LogP contribution >= 0.6 is 0 Å². The Bertz CT molecular complexity index is 462. The summed E-state index contributed by atoms with van der Waals surface area (Å²) in [5.74, 6) is 1.30. The Labute approximate surface area is 113 Å². The second kappa shape index (κ2) is 5.93. The molecule has 0 saturated carbocycles. The number of benzene rings is 1. The van der Waals surface area contributed by atoms with Crippen LogP contribution < -0.4 is 14.8 Å². The molecule has 1 saturated heterocycles. The normalized spacial score (nSPS) is 19.2. The first-order valence-corrected chi connectivity index (χ1v) is 6.39. The van der Waals surface area contributed by atoms with Gasteiger partial charge >= 0.3 is 0 Å². The van der Waals surface area contributed by atoms with E-state index in [4.69, 9.17) is 9.47 Å². The number of nitrogens with zero attached hydrogens (tertiary/aromatic N) is 1. The molecule has 0 bridgehead atoms. The van der Waals surface area contributed by atoms with E-state index in [0.29, 0.717) is 11.5 Å². The molecule has 104 valence electrons. The summed E-state index contributed by atoms with van der Waals surface area (Å²) in [6.45, 7) is 0.976. The van der Waals surface area contributed by atoms with Crippen LogP contribution in [-0.2, 0) is 4.79 Å². The molecule has 2 rings (SSSR count). The predicted molar refractivity (Wildman–Crippen MR) is 73.8 cm³/mol. The molecule has 1 fully saturated rings. The smallest absolute Gasteiger partial charge is 0.241 e. The van der Waals surface area contributed by atoms with Crippen molar-refractivity contribution in [2.45, 2.75) is 18.9 Å². The Morgan fingerprint density at radius 3 is 2.63 bits per heavy atom. The average Bonchev–Trinajstić information content (AvgIpc) is 2.85. The lowest BCUT2D eigenvalue weighted by Gasteiger charge is -2.19. The van der Waals surface area contributed by atoms with Crippen molar-refractivity contribution in [3.63, 3.8) is 0 Å². The Morgan fingerprint density at radius 2 is 2.05 bits per heavy atom. The largest absolute Gasteiger partial charge is 0.493 e. The Kier molecular flexibility index (Phi) is 4.27. The number of hydrogen-bond acceptors (Lipinski definition) is 4. The highest BCUT2D eigenvalue weighted by atomic mass is 16.5. The summed E-state index contributed by atoms with van der Waals surface area (Å²) in [6.07, 6.45) is 1.98. The van der Waals surface area contributed by atoms with Gasteiger partial charge in [0.1, 0.15) is 0 Å². The van der Waals surface area contributed by atoms with Crippen molar-refractivity contribution in [2.24, 2.45) is 0 Å². The molecule has 1 N–H and O–H groups in total. The Hall–Kier alpha value is -1.75. The van der Waals surface area contributed by atoms with Gasteiger partial charge in [-0.2, -0.15) is 0 Å². The number of rotatable bonds is 4. The number of likely N-dealkylation sites (tertiary alicyclic amines) is 1. The number of anilines is 1. The van der Waals surface area contributed by atoms with Gasteiger partial charge in [0.15, 0.2) is 11.5 Å². The number of ether oxygens (including phenoxy) is 2. The zero-order chi connectivity index (χ0) is 13.8. The van der Waals surface area contributed by atoms with Gasteiger partial charge in [-0.1, -0.05) is 0 Å². The van der Waals surface area contributed by atoms with Crippen LogP contribution in [0.25, 0.3) is 0 Å². The second-order valence-electron chi connectivity index (χ2n) is 4.70. The van der Waals surface area contributed by atoms with E-state index in [2.05, 4.69) is 10.2 Å². The van der Waals surface area contributed by atoms with E-state index in [1.165, 1.54) is 0 Å². The van der Waals surface area contributed by atoms with Gasteiger partial charge in [-0.05, 0) is 38.6 Å². The van der Waals surface area contributed by atoms with Gasteiger partial charge in [0.25, 0.3) is 0 Å². The van der Waals surface area contributed by atoms with E-state index < -0.39 is 0 Å². The molecule has 1 aromatic carbocycles. The van der Waals surface area contributed by atoms with E-state index in [-0.39, 0.29) is 11.9 Å². The summed E-state index contributed by atoms with van der Waals surface area (Å²) in [4.78, 5) is 14.2. The number of carbonyl (C=O) groups excluding carboxylic acids is 1. The first kappa shape index (κ1) is 13.7. The van der Waals surface area contributed by atoms with Crippen molar-refractivity contribution >= 4 is 11.6 Å². The van der Waals surface area contributed by atoms with Gasteiger partial charge in [0.05, 0.1) is 20.3 Å². The molecule has 0 radical (unpaired) electrons.